The molecule has 0 saturated carbocycles. The molecule has 1 unspecified atom stereocenters. The number of nitrogens with two attached hydrogens (primary N) is 1. The molecule has 3 heteroatoms. The van der Waals surface area contributed by atoms with E-state index in [4.69, 9.17) is 5.73 Å². The molecule has 0 bridgehead atoms. The maximum absolute atomic E-state index is 11.0. The summed E-state index contributed by atoms with van der Waals surface area (Å²) in [5, 5.41) is 0. The van der Waals surface area contributed by atoms with Crippen LogP contribution in [0.5, 0.6) is 0 Å². The van der Waals surface area contributed by atoms with E-state index in [1.165, 1.54) is 0 Å². The third-order valence-electron chi connectivity index (χ3n) is 1.88. The molecule has 0 radical (unpaired) electrons. The molecule has 0 spiro atoms. The molecule has 72 valence electrons. The highest BCUT2D eigenvalue weighted by atomic mass is 16.2. The van der Waals surface area contributed by atoms with E-state index in [1.54, 1.807) is 0 Å². The van der Waals surface area contributed by atoms with E-state index in [0.29, 0.717) is 6.42 Å². The first-order chi connectivity index (χ1) is 5.74. The van der Waals surface area contributed by atoms with Gasteiger partial charge in [0.2, 0.25) is 5.91 Å². The largest absolute Gasteiger partial charge is 0.341 e. The van der Waals surface area contributed by atoms with Gasteiger partial charge in [-0.1, -0.05) is 20.8 Å². The van der Waals surface area contributed by atoms with E-state index in [1.807, 2.05) is 25.7 Å². The predicted molar refractivity (Wildman–Crippen MR) is 50.8 cm³/mol. The first-order valence-corrected chi connectivity index (χ1v) is 4.77. The molecule has 0 aliphatic carbocycles. The van der Waals surface area contributed by atoms with Gasteiger partial charge in [0.15, 0.2) is 0 Å². The molecule has 1 rings (SSSR count). The van der Waals surface area contributed by atoms with Crippen molar-refractivity contribution in [3.8, 4) is 0 Å². The van der Waals surface area contributed by atoms with Crippen molar-refractivity contribution < 1.29 is 4.79 Å². The molecule has 1 aliphatic rings. The van der Waals surface area contributed by atoms with Gasteiger partial charge in [-0.15, -0.1) is 0 Å². The lowest BCUT2D eigenvalue weighted by atomic mass is 10.3. The number of carbonyl (C=O) groups is 1. The van der Waals surface area contributed by atoms with Crippen LogP contribution in [-0.4, -0.2) is 29.9 Å². The average Bonchev–Trinajstić information content (AvgIpc) is 2.54. The lowest BCUT2D eigenvalue weighted by Crippen LogP contribution is -2.31. The van der Waals surface area contributed by atoms with Crippen molar-refractivity contribution in [2.24, 2.45) is 5.73 Å². The highest BCUT2D eigenvalue weighted by Crippen LogP contribution is 2.07. The summed E-state index contributed by atoms with van der Waals surface area (Å²) in [6.45, 7) is 7.49. The van der Waals surface area contributed by atoms with Gasteiger partial charge in [0.25, 0.3) is 0 Å². The SMILES string of the molecule is CC.CCC(=O)N1CCC(N)C1. The maximum Gasteiger partial charge on any atom is 0.222 e. The molecule has 1 heterocycles. The minimum absolute atomic E-state index is 0.218. The molecule has 0 aromatic rings. The molecule has 1 fully saturated rings. The minimum atomic E-state index is 0.218. The molecule has 1 amide bonds. The Morgan fingerprint density at radius 2 is 2.17 bits per heavy atom. The van der Waals surface area contributed by atoms with E-state index >= 15 is 0 Å². The summed E-state index contributed by atoms with van der Waals surface area (Å²) >= 11 is 0. The molecule has 3 nitrogen and oxygen atoms in total. The Hall–Kier alpha value is -0.570. The zero-order valence-electron chi connectivity index (χ0n) is 8.34. The fourth-order valence-corrected chi connectivity index (χ4v) is 1.24. The summed E-state index contributed by atoms with van der Waals surface area (Å²) in [5.41, 5.74) is 5.62. The number of hydrogen-bond acceptors (Lipinski definition) is 2. The highest BCUT2D eigenvalue weighted by Gasteiger charge is 2.21. The summed E-state index contributed by atoms with van der Waals surface area (Å²) in [6, 6.07) is 0.218. The van der Waals surface area contributed by atoms with Gasteiger partial charge in [0.05, 0.1) is 0 Å². The zero-order valence-corrected chi connectivity index (χ0v) is 8.34. The van der Waals surface area contributed by atoms with Crippen LogP contribution >= 0.6 is 0 Å². The van der Waals surface area contributed by atoms with Crippen molar-refractivity contribution in [3.05, 3.63) is 0 Å². The number of likely N-dealkylation sites (tertiary alicyclic amines) is 1. The average molecular weight is 172 g/mol. The van der Waals surface area contributed by atoms with Gasteiger partial charge in [0, 0.05) is 25.6 Å². The number of nitrogens with zero attached hydrogens (tertiary/aromatic N) is 1. The molecule has 0 aromatic heterocycles. The zero-order chi connectivity index (χ0) is 9.56. The molecule has 0 aromatic carbocycles. The minimum Gasteiger partial charge on any atom is -0.341 e. The van der Waals surface area contributed by atoms with Gasteiger partial charge in [-0.2, -0.15) is 0 Å². The van der Waals surface area contributed by atoms with Gasteiger partial charge in [-0.25, -0.2) is 0 Å². The maximum atomic E-state index is 11.0. The van der Waals surface area contributed by atoms with E-state index in [9.17, 15) is 4.79 Å². The van der Waals surface area contributed by atoms with E-state index in [-0.39, 0.29) is 11.9 Å². The van der Waals surface area contributed by atoms with Crippen molar-refractivity contribution in [2.75, 3.05) is 13.1 Å². The predicted octanol–water partition coefficient (Wildman–Crippen LogP) is 0.982. The van der Waals surface area contributed by atoms with Crippen LogP contribution in [0.25, 0.3) is 0 Å². The normalized spacial score (nSPS) is 21.7. The summed E-state index contributed by atoms with van der Waals surface area (Å²) in [5.74, 6) is 0.230. The van der Waals surface area contributed by atoms with E-state index < -0.39 is 0 Å². The molecule has 1 atom stereocenters. The van der Waals surface area contributed by atoms with Crippen molar-refractivity contribution in [1.29, 1.82) is 0 Å². The smallest absolute Gasteiger partial charge is 0.222 e. The molecule has 1 saturated heterocycles. The van der Waals surface area contributed by atoms with Crippen LogP contribution in [0.2, 0.25) is 0 Å². The Morgan fingerprint density at radius 3 is 2.50 bits per heavy atom. The fourth-order valence-electron chi connectivity index (χ4n) is 1.24. The van der Waals surface area contributed by atoms with Crippen molar-refractivity contribution in [1.82, 2.24) is 4.90 Å². The second-order valence-corrected chi connectivity index (χ2v) is 2.74. The number of carbonyl (C=O) groups excluding carboxylic acids is 1. The van der Waals surface area contributed by atoms with E-state index in [2.05, 4.69) is 0 Å². The topological polar surface area (TPSA) is 46.3 Å². The molecular weight excluding hydrogens is 152 g/mol. The summed E-state index contributed by atoms with van der Waals surface area (Å²) < 4.78 is 0. The number of rotatable bonds is 1. The van der Waals surface area contributed by atoms with Crippen LogP contribution in [0.3, 0.4) is 0 Å². The van der Waals surface area contributed by atoms with Gasteiger partial charge in [-0.3, -0.25) is 4.79 Å². The Labute approximate surface area is 74.9 Å². The standard InChI is InChI=1S/C7H14N2O.C2H6/c1-2-7(10)9-4-3-6(8)5-9;1-2/h6H,2-5,8H2,1H3;1-2H3. The summed E-state index contributed by atoms with van der Waals surface area (Å²) in [6.07, 6.45) is 1.57. The van der Waals surface area contributed by atoms with Crippen LogP contribution < -0.4 is 5.73 Å². The molecule has 2 N–H and O–H groups in total. The third kappa shape index (κ3) is 3.22. The second-order valence-electron chi connectivity index (χ2n) is 2.74. The number of hydrogen-bond donors (Lipinski definition) is 1. The van der Waals surface area contributed by atoms with Gasteiger partial charge < -0.3 is 10.6 Å². The van der Waals surface area contributed by atoms with Crippen molar-refractivity contribution in [2.45, 2.75) is 39.7 Å². The second kappa shape index (κ2) is 6.00. The van der Waals surface area contributed by atoms with Gasteiger partial charge in [-0.05, 0) is 6.42 Å². The quantitative estimate of drug-likeness (QED) is 0.641. The molecular formula is C9H20N2O. The van der Waals surface area contributed by atoms with E-state index in [0.717, 1.165) is 19.5 Å². The Morgan fingerprint density at radius 1 is 1.58 bits per heavy atom. The fraction of sp³-hybridized carbons (Fsp3) is 0.889. The van der Waals surface area contributed by atoms with Gasteiger partial charge >= 0.3 is 0 Å². The van der Waals surface area contributed by atoms with Gasteiger partial charge in [0.1, 0.15) is 0 Å². The lowest BCUT2D eigenvalue weighted by molar-refractivity contribution is -0.129. The monoisotopic (exact) mass is 172 g/mol. The summed E-state index contributed by atoms with van der Waals surface area (Å²) in [4.78, 5) is 12.9. The van der Waals surface area contributed by atoms with Crippen LogP contribution in [0, 0.1) is 0 Å². The van der Waals surface area contributed by atoms with Crippen LogP contribution in [-0.2, 0) is 4.79 Å². The third-order valence-corrected chi connectivity index (χ3v) is 1.88. The summed E-state index contributed by atoms with van der Waals surface area (Å²) in [7, 11) is 0. The number of amides is 1. The van der Waals surface area contributed by atoms with Crippen molar-refractivity contribution >= 4 is 5.91 Å². The first kappa shape index (κ1) is 11.4. The Kier molecular flexibility index (Phi) is 5.72. The lowest BCUT2D eigenvalue weighted by Gasteiger charge is -2.13. The van der Waals surface area contributed by atoms with Crippen LogP contribution in [0.4, 0.5) is 0 Å². The van der Waals surface area contributed by atoms with Crippen LogP contribution in [0.1, 0.15) is 33.6 Å². The highest BCUT2D eigenvalue weighted by molar-refractivity contribution is 5.76. The van der Waals surface area contributed by atoms with Crippen LogP contribution in [0.15, 0.2) is 0 Å². The molecule has 1 aliphatic heterocycles. The Bertz CT molecular complexity index is 136. The first-order valence-electron chi connectivity index (χ1n) is 4.77. The Balaban J connectivity index is 0.000000561. The van der Waals surface area contributed by atoms with Crippen molar-refractivity contribution in [3.63, 3.8) is 0 Å². The molecule has 12 heavy (non-hydrogen) atoms.